The predicted octanol–water partition coefficient (Wildman–Crippen LogP) is 0.718. The molecule has 0 bridgehead atoms. The summed E-state index contributed by atoms with van der Waals surface area (Å²) in [4.78, 5) is 17.3. The summed E-state index contributed by atoms with van der Waals surface area (Å²) in [6.45, 7) is 2.97. The van der Waals surface area contributed by atoms with Crippen molar-refractivity contribution < 1.29 is 9.18 Å². The molecule has 0 saturated carbocycles. The predicted molar refractivity (Wildman–Crippen MR) is 67.1 cm³/mol. The van der Waals surface area contributed by atoms with Crippen molar-refractivity contribution in [2.75, 3.05) is 38.0 Å². The number of halogens is 2. The van der Waals surface area contributed by atoms with E-state index in [2.05, 4.69) is 15.6 Å². The van der Waals surface area contributed by atoms with Gasteiger partial charge >= 0.3 is 0 Å². The van der Waals surface area contributed by atoms with Gasteiger partial charge < -0.3 is 15.5 Å². The fourth-order valence-corrected chi connectivity index (χ4v) is 1.87. The highest BCUT2D eigenvalue weighted by atomic mass is 35.5. The molecule has 5 nitrogen and oxygen atoms in total. The van der Waals surface area contributed by atoms with Crippen molar-refractivity contribution in [3.63, 3.8) is 0 Å². The first-order valence-electron chi connectivity index (χ1n) is 5.70. The summed E-state index contributed by atoms with van der Waals surface area (Å²) in [6.07, 6.45) is 1.34. The van der Waals surface area contributed by atoms with Crippen LogP contribution in [0.1, 0.15) is 0 Å². The van der Waals surface area contributed by atoms with Crippen LogP contribution in [0.2, 0.25) is 5.02 Å². The van der Waals surface area contributed by atoms with Crippen molar-refractivity contribution in [3.05, 3.63) is 23.1 Å². The van der Waals surface area contributed by atoms with E-state index in [-0.39, 0.29) is 23.3 Å². The van der Waals surface area contributed by atoms with Crippen LogP contribution < -0.4 is 10.6 Å². The van der Waals surface area contributed by atoms with Gasteiger partial charge in [0.2, 0.25) is 5.91 Å². The summed E-state index contributed by atoms with van der Waals surface area (Å²) in [5, 5.41) is 6.07. The fraction of sp³-hybridized carbons (Fsp3) is 0.455. The lowest BCUT2D eigenvalue weighted by atomic mass is 10.3. The lowest BCUT2D eigenvalue weighted by Crippen LogP contribution is -2.48. The van der Waals surface area contributed by atoms with Gasteiger partial charge in [0.1, 0.15) is 0 Å². The minimum absolute atomic E-state index is 0.0333. The van der Waals surface area contributed by atoms with E-state index in [1.807, 2.05) is 0 Å². The minimum Gasteiger partial charge on any atom is -0.359 e. The van der Waals surface area contributed by atoms with Crippen LogP contribution >= 0.6 is 11.6 Å². The number of amides is 1. The number of piperazine rings is 1. The van der Waals surface area contributed by atoms with Crippen LogP contribution in [-0.2, 0) is 4.79 Å². The van der Waals surface area contributed by atoms with Crippen molar-refractivity contribution in [1.29, 1.82) is 0 Å². The van der Waals surface area contributed by atoms with E-state index in [0.29, 0.717) is 13.1 Å². The molecular formula is C11H14ClFN4O. The van der Waals surface area contributed by atoms with Crippen LogP contribution in [0.5, 0.6) is 0 Å². The minimum atomic E-state index is -0.560. The second-order valence-electron chi connectivity index (χ2n) is 3.97. The number of pyridine rings is 1. The van der Waals surface area contributed by atoms with Crippen LogP contribution in [0.15, 0.2) is 12.3 Å². The van der Waals surface area contributed by atoms with Crippen molar-refractivity contribution >= 4 is 23.3 Å². The van der Waals surface area contributed by atoms with Gasteiger partial charge in [-0.2, -0.15) is 0 Å². The van der Waals surface area contributed by atoms with Crippen LogP contribution in [0.4, 0.5) is 10.2 Å². The smallest absolute Gasteiger partial charge is 0.242 e. The summed E-state index contributed by atoms with van der Waals surface area (Å²) < 4.78 is 13.4. The molecule has 2 heterocycles. The van der Waals surface area contributed by atoms with Gasteiger partial charge in [0.25, 0.3) is 0 Å². The van der Waals surface area contributed by atoms with Gasteiger partial charge in [-0.05, 0) is 6.07 Å². The van der Waals surface area contributed by atoms with Crippen molar-refractivity contribution in [1.82, 2.24) is 15.2 Å². The molecule has 1 saturated heterocycles. The third kappa shape index (κ3) is 3.30. The Morgan fingerprint density at radius 2 is 2.28 bits per heavy atom. The summed E-state index contributed by atoms with van der Waals surface area (Å²) in [6, 6.07) is 1.16. The maximum Gasteiger partial charge on any atom is 0.242 e. The summed E-state index contributed by atoms with van der Waals surface area (Å²) in [7, 11) is 0. The first-order valence-corrected chi connectivity index (χ1v) is 6.08. The van der Waals surface area contributed by atoms with E-state index >= 15 is 0 Å². The molecule has 1 aromatic rings. The van der Waals surface area contributed by atoms with Gasteiger partial charge in [-0.3, -0.25) is 4.79 Å². The van der Waals surface area contributed by atoms with E-state index in [1.165, 1.54) is 6.20 Å². The Labute approximate surface area is 109 Å². The van der Waals surface area contributed by atoms with Gasteiger partial charge in [0.15, 0.2) is 11.6 Å². The molecular weight excluding hydrogens is 259 g/mol. The molecule has 0 unspecified atom stereocenters. The Morgan fingerprint density at radius 3 is 2.94 bits per heavy atom. The Hall–Kier alpha value is -1.40. The largest absolute Gasteiger partial charge is 0.359 e. The molecule has 1 aliphatic rings. The third-order valence-corrected chi connectivity index (χ3v) is 2.89. The fourth-order valence-electron chi connectivity index (χ4n) is 1.73. The number of hydrogen-bond acceptors (Lipinski definition) is 4. The molecule has 0 aromatic carbocycles. The van der Waals surface area contributed by atoms with Gasteiger partial charge in [-0.15, -0.1) is 0 Å². The van der Waals surface area contributed by atoms with E-state index in [1.54, 1.807) is 4.90 Å². The van der Waals surface area contributed by atoms with Crippen molar-refractivity contribution in [2.24, 2.45) is 0 Å². The Balaban J connectivity index is 1.88. The van der Waals surface area contributed by atoms with Gasteiger partial charge in [0, 0.05) is 32.4 Å². The lowest BCUT2D eigenvalue weighted by Gasteiger charge is -2.27. The zero-order valence-corrected chi connectivity index (χ0v) is 10.5. The maximum atomic E-state index is 13.4. The maximum absolute atomic E-state index is 13.4. The highest BCUT2D eigenvalue weighted by Gasteiger charge is 2.16. The molecule has 0 radical (unpaired) electrons. The lowest BCUT2D eigenvalue weighted by molar-refractivity contribution is -0.129. The second-order valence-corrected chi connectivity index (χ2v) is 4.40. The zero-order chi connectivity index (χ0) is 13.0. The second kappa shape index (κ2) is 5.97. The summed E-state index contributed by atoms with van der Waals surface area (Å²) in [5.41, 5.74) is 0. The van der Waals surface area contributed by atoms with Gasteiger partial charge in [-0.1, -0.05) is 11.6 Å². The van der Waals surface area contributed by atoms with E-state index in [0.717, 1.165) is 19.2 Å². The normalized spacial score (nSPS) is 15.6. The van der Waals surface area contributed by atoms with E-state index in [4.69, 9.17) is 11.6 Å². The molecule has 0 atom stereocenters. The monoisotopic (exact) mass is 272 g/mol. The molecule has 7 heteroatoms. The number of carbonyl (C=O) groups is 1. The van der Waals surface area contributed by atoms with Gasteiger partial charge in [0.05, 0.1) is 11.6 Å². The molecule has 98 valence electrons. The third-order valence-electron chi connectivity index (χ3n) is 2.68. The Kier molecular flexibility index (Phi) is 4.33. The molecule has 0 aliphatic carbocycles. The molecule has 1 aromatic heterocycles. The highest BCUT2D eigenvalue weighted by molar-refractivity contribution is 6.30. The first-order chi connectivity index (χ1) is 8.66. The van der Waals surface area contributed by atoms with Crippen LogP contribution in [0, 0.1) is 5.82 Å². The number of nitrogens with zero attached hydrogens (tertiary/aromatic N) is 2. The number of rotatable bonds is 3. The van der Waals surface area contributed by atoms with Crippen LogP contribution in [0.25, 0.3) is 0 Å². The number of hydrogen-bond donors (Lipinski definition) is 2. The highest BCUT2D eigenvalue weighted by Crippen LogP contribution is 2.15. The molecule has 18 heavy (non-hydrogen) atoms. The Morgan fingerprint density at radius 1 is 1.56 bits per heavy atom. The van der Waals surface area contributed by atoms with Crippen LogP contribution in [0.3, 0.4) is 0 Å². The SMILES string of the molecule is O=C(CNc1ncc(Cl)cc1F)N1CCNCC1. The molecule has 2 rings (SSSR count). The summed E-state index contributed by atoms with van der Waals surface area (Å²) in [5.74, 6) is -0.578. The topological polar surface area (TPSA) is 57.3 Å². The molecule has 1 amide bonds. The molecule has 1 aliphatic heterocycles. The number of aromatic nitrogens is 1. The number of anilines is 1. The standard InChI is InChI=1S/C11H14ClFN4O/c12-8-5-9(13)11(15-6-8)16-7-10(18)17-3-1-14-2-4-17/h5-6,14H,1-4,7H2,(H,15,16). The average Bonchev–Trinajstić information content (AvgIpc) is 2.38. The van der Waals surface area contributed by atoms with Gasteiger partial charge in [-0.25, -0.2) is 9.37 Å². The summed E-state index contributed by atoms with van der Waals surface area (Å²) >= 11 is 5.59. The van der Waals surface area contributed by atoms with E-state index in [9.17, 15) is 9.18 Å². The van der Waals surface area contributed by atoms with Crippen molar-refractivity contribution in [3.8, 4) is 0 Å². The van der Waals surface area contributed by atoms with Crippen molar-refractivity contribution in [2.45, 2.75) is 0 Å². The zero-order valence-electron chi connectivity index (χ0n) is 9.75. The number of carbonyl (C=O) groups excluding carboxylic acids is 1. The molecule has 1 fully saturated rings. The first kappa shape index (κ1) is 13.0. The van der Waals surface area contributed by atoms with Crippen LogP contribution in [-0.4, -0.2) is 48.5 Å². The number of nitrogens with one attached hydrogen (secondary N) is 2. The molecule has 2 N–H and O–H groups in total. The Bertz CT molecular complexity index is 437. The molecule has 0 spiro atoms. The quantitative estimate of drug-likeness (QED) is 0.851. The average molecular weight is 273 g/mol. The van der Waals surface area contributed by atoms with E-state index < -0.39 is 5.82 Å².